The third-order valence-corrected chi connectivity index (χ3v) is 6.07. The smallest absolute Gasteiger partial charge is 0.271 e. The predicted octanol–water partition coefficient (Wildman–Crippen LogP) is 2.47. The Morgan fingerprint density at radius 2 is 2.12 bits per heavy atom. The van der Waals surface area contributed by atoms with Crippen molar-refractivity contribution in [3.63, 3.8) is 0 Å². The van der Waals surface area contributed by atoms with Gasteiger partial charge in [-0.05, 0) is 61.6 Å². The Morgan fingerprint density at radius 1 is 1.32 bits per heavy atom. The van der Waals surface area contributed by atoms with Crippen molar-refractivity contribution in [2.45, 2.75) is 32.2 Å². The van der Waals surface area contributed by atoms with E-state index in [4.69, 9.17) is 0 Å². The maximum absolute atomic E-state index is 12.7. The number of hydrogen-bond donors (Lipinski definition) is 2. The van der Waals surface area contributed by atoms with Crippen LogP contribution >= 0.6 is 11.5 Å². The number of aromatic nitrogens is 1. The molecule has 0 unspecified atom stereocenters. The van der Waals surface area contributed by atoms with Crippen molar-refractivity contribution in [1.82, 2.24) is 14.6 Å². The van der Waals surface area contributed by atoms with Gasteiger partial charge in [0.1, 0.15) is 5.69 Å². The topological polar surface area (TPSA) is 74.3 Å². The van der Waals surface area contributed by atoms with Crippen molar-refractivity contribution in [2.24, 2.45) is 5.92 Å². The largest absolute Gasteiger partial charge is 0.346 e. The van der Waals surface area contributed by atoms with Crippen LogP contribution < -0.4 is 10.6 Å². The van der Waals surface area contributed by atoms with Gasteiger partial charge in [0.25, 0.3) is 5.91 Å². The summed E-state index contributed by atoms with van der Waals surface area (Å²) >= 11 is 1.30. The summed E-state index contributed by atoms with van der Waals surface area (Å²) in [6.45, 7) is 5.08. The van der Waals surface area contributed by atoms with Crippen LogP contribution in [0.5, 0.6) is 0 Å². The Balaban J connectivity index is 1.51. The Morgan fingerprint density at radius 3 is 2.80 bits per heavy atom. The minimum absolute atomic E-state index is 0.0239. The molecule has 2 bridgehead atoms. The number of anilines is 1. The van der Waals surface area contributed by atoms with Gasteiger partial charge in [-0.25, -0.2) is 0 Å². The second-order valence-electron chi connectivity index (χ2n) is 6.86. The molecule has 2 amide bonds. The molecule has 0 aliphatic carbocycles. The lowest BCUT2D eigenvalue weighted by Crippen LogP contribution is -2.57. The lowest BCUT2D eigenvalue weighted by molar-refractivity contribution is -0.115. The molecular weight excluding hydrogens is 336 g/mol. The molecule has 3 aliphatic heterocycles. The molecule has 7 heteroatoms. The standard InChI is InChI=1S/C18H22N4O2S/c1-2-16(23)19-12-3-4-13-15(9-12)25-21-17(13)18(24)20-14-10-22-7-5-11(14)6-8-22/h3-4,9,11,14H,2,5-8,10H2,1H3,(H,19,23)(H,20,24)/t14-/m1/s1. The normalized spacial score (nSPS) is 25.1. The molecule has 0 spiro atoms. The van der Waals surface area contributed by atoms with E-state index in [0.29, 0.717) is 18.0 Å². The number of carbonyl (C=O) groups excluding carboxylic acids is 2. The summed E-state index contributed by atoms with van der Waals surface area (Å²) in [4.78, 5) is 26.7. The number of hydrogen-bond acceptors (Lipinski definition) is 5. The lowest BCUT2D eigenvalue weighted by Gasteiger charge is -2.44. The van der Waals surface area contributed by atoms with E-state index in [1.54, 1.807) is 0 Å². The number of carbonyl (C=O) groups is 2. The van der Waals surface area contributed by atoms with E-state index in [-0.39, 0.29) is 17.9 Å². The van der Waals surface area contributed by atoms with Gasteiger partial charge in [-0.15, -0.1) is 0 Å². The molecule has 0 saturated carbocycles. The van der Waals surface area contributed by atoms with Gasteiger partial charge in [-0.2, -0.15) is 4.37 Å². The average Bonchev–Trinajstić information content (AvgIpc) is 3.06. The highest BCUT2D eigenvalue weighted by Crippen LogP contribution is 2.29. The fourth-order valence-electron chi connectivity index (χ4n) is 3.79. The molecule has 0 radical (unpaired) electrons. The Hall–Kier alpha value is -1.99. The van der Waals surface area contributed by atoms with Crippen LogP contribution in [0.4, 0.5) is 5.69 Å². The zero-order valence-electron chi connectivity index (χ0n) is 14.2. The van der Waals surface area contributed by atoms with Crippen molar-refractivity contribution in [3.8, 4) is 0 Å². The molecule has 132 valence electrons. The van der Waals surface area contributed by atoms with Crippen LogP contribution in [0, 0.1) is 5.92 Å². The van der Waals surface area contributed by atoms with Crippen molar-refractivity contribution >= 4 is 39.1 Å². The van der Waals surface area contributed by atoms with E-state index in [0.717, 1.165) is 35.4 Å². The molecule has 25 heavy (non-hydrogen) atoms. The van der Waals surface area contributed by atoms with Gasteiger partial charge in [0.15, 0.2) is 0 Å². The third-order valence-electron chi connectivity index (χ3n) is 5.26. The fourth-order valence-corrected chi connectivity index (χ4v) is 4.61. The summed E-state index contributed by atoms with van der Waals surface area (Å²) in [6, 6.07) is 5.81. The van der Waals surface area contributed by atoms with Crippen LogP contribution in [0.2, 0.25) is 0 Å². The third kappa shape index (κ3) is 3.26. The first-order valence-electron chi connectivity index (χ1n) is 8.86. The molecule has 1 aromatic carbocycles. The number of rotatable bonds is 4. The van der Waals surface area contributed by atoms with Crippen molar-refractivity contribution in [1.29, 1.82) is 0 Å². The van der Waals surface area contributed by atoms with E-state index in [2.05, 4.69) is 19.9 Å². The van der Waals surface area contributed by atoms with Gasteiger partial charge >= 0.3 is 0 Å². The predicted molar refractivity (Wildman–Crippen MR) is 99.0 cm³/mol. The Kier molecular flexibility index (Phi) is 4.43. The first-order chi connectivity index (χ1) is 12.1. The molecule has 2 N–H and O–H groups in total. The maximum atomic E-state index is 12.7. The molecule has 6 nitrogen and oxygen atoms in total. The summed E-state index contributed by atoms with van der Waals surface area (Å²) in [7, 11) is 0. The first-order valence-corrected chi connectivity index (χ1v) is 9.64. The number of fused-ring (bicyclic) bond motifs is 4. The monoisotopic (exact) mass is 358 g/mol. The average molecular weight is 358 g/mol. The quantitative estimate of drug-likeness (QED) is 0.880. The summed E-state index contributed by atoms with van der Waals surface area (Å²) < 4.78 is 5.28. The first kappa shape index (κ1) is 16.5. The molecule has 1 aromatic heterocycles. The van der Waals surface area contributed by atoms with Crippen LogP contribution in [-0.4, -0.2) is 46.8 Å². The molecule has 5 rings (SSSR count). The zero-order chi connectivity index (χ0) is 17.4. The minimum Gasteiger partial charge on any atom is -0.346 e. The minimum atomic E-state index is -0.0876. The van der Waals surface area contributed by atoms with Crippen molar-refractivity contribution < 1.29 is 9.59 Å². The summed E-state index contributed by atoms with van der Waals surface area (Å²) in [5.41, 5.74) is 1.23. The molecular formula is C18H22N4O2S. The number of amides is 2. The van der Waals surface area contributed by atoms with Crippen molar-refractivity contribution in [2.75, 3.05) is 25.0 Å². The summed E-state index contributed by atoms with van der Waals surface area (Å²) in [5, 5.41) is 6.88. The van der Waals surface area contributed by atoms with Gasteiger partial charge < -0.3 is 15.5 Å². The highest BCUT2D eigenvalue weighted by atomic mass is 32.1. The van der Waals surface area contributed by atoms with Crippen LogP contribution in [0.1, 0.15) is 36.7 Å². The van der Waals surface area contributed by atoms with Gasteiger partial charge in [0.2, 0.25) is 5.91 Å². The SMILES string of the molecule is CCC(=O)Nc1ccc2c(C(=O)N[C@@H]3CN4CCC3CC4)nsc2c1. The van der Waals surface area contributed by atoms with Crippen LogP contribution in [-0.2, 0) is 4.79 Å². The van der Waals surface area contributed by atoms with Crippen LogP contribution in [0.15, 0.2) is 18.2 Å². The number of benzene rings is 1. The van der Waals surface area contributed by atoms with Gasteiger partial charge in [-0.3, -0.25) is 9.59 Å². The molecule has 3 saturated heterocycles. The summed E-state index contributed by atoms with van der Waals surface area (Å²) in [5.74, 6) is 0.481. The van der Waals surface area contributed by atoms with E-state index in [1.807, 2.05) is 25.1 Å². The highest BCUT2D eigenvalue weighted by Gasteiger charge is 2.35. The molecule has 2 aromatic rings. The van der Waals surface area contributed by atoms with E-state index < -0.39 is 0 Å². The zero-order valence-corrected chi connectivity index (χ0v) is 15.1. The van der Waals surface area contributed by atoms with Crippen molar-refractivity contribution in [3.05, 3.63) is 23.9 Å². The van der Waals surface area contributed by atoms with Gasteiger partial charge in [-0.1, -0.05) is 6.92 Å². The number of nitrogens with one attached hydrogen (secondary N) is 2. The molecule has 1 atom stereocenters. The number of nitrogens with zero attached hydrogens (tertiary/aromatic N) is 2. The Bertz CT molecular complexity index is 811. The fraction of sp³-hybridized carbons (Fsp3) is 0.500. The highest BCUT2D eigenvalue weighted by molar-refractivity contribution is 7.13. The molecule has 3 aliphatic rings. The second kappa shape index (κ2) is 6.72. The molecule has 4 heterocycles. The Labute approximate surface area is 150 Å². The maximum Gasteiger partial charge on any atom is 0.271 e. The summed E-state index contributed by atoms with van der Waals surface area (Å²) in [6.07, 6.45) is 2.78. The van der Waals surface area contributed by atoms with E-state index in [1.165, 1.54) is 24.4 Å². The molecule has 3 fully saturated rings. The van der Waals surface area contributed by atoms with Crippen LogP contribution in [0.25, 0.3) is 10.1 Å². The second-order valence-corrected chi connectivity index (χ2v) is 7.67. The van der Waals surface area contributed by atoms with Crippen LogP contribution in [0.3, 0.4) is 0 Å². The lowest BCUT2D eigenvalue weighted by atomic mass is 9.84. The van der Waals surface area contributed by atoms with Gasteiger partial charge in [0, 0.05) is 30.1 Å². The van der Waals surface area contributed by atoms with Gasteiger partial charge in [0.05, 0.1) is 4.70 Å². The van der Waals surface area contributed by atoms with E-state index in [9.17, 15) is 9.59 Å². The number of piperidine rings is 3. The van der Waals surface area contributed by atoms with E-state index >= 15 is 0 Å².